The van der Waals surface area contributed by atoms with Gasteiger partial charge in [0.05, 0.1) is 6.61 Å². The maximum absolute atomic E-state index is 11.4. The van der Waals surface area contributed by atoms with E-state index in [0.717, 1.165) is 10.3 Å². The Labute approximate surface area is 97.8 Å². The van der Waals surface area contributed by atoms with Gasteiger partial charge in [-0.2, -0.15) is 0 Å². The monoisotopic (exact) mass is 236 g/mol. The number of esters is 1. The Morgan fingerprint density at radius 1 is 1.44 bits per heavy atom. The number of furan rings is 1. The fraction of sp³-hybridized carbons (Fsp3) is 0.250. The van der Waals surface area contributed by atoms with Crippen molar-refractivity contribution in [1.29, 1.82) is 0 Å². The van der Waals surface area contributed by atoms with Gasteiger partial charge < -0.3 is 9.15 Å². The fourth-order valence-corrected chi connectivity index (χ4v) is 1.90. The Hall–Kier alpha value is -1.42. The summed E-state index contributed by atoms with van der Waals surface area (Å²) in [5.74, 6) is -0.153. The van der Waals surface area contributed by atoms with Gasteiger partial charge in [0.15, 0.2) is 0 Å². The zero-order valence-electron chi connectivity index (χ0n) is 9.15. The lowest BCUT2D eigenvalue weighted by molar-refractivity contribution is 0.0492. The van der Waals surface area contributed by atoms with Crippen molar-refractivity contribution in [1.82, 2.24) is 0 Å². The first-order valence-corrected chi connectivity index (χ1v) is 6.21. The van der Waals surface area contributed by atoms with Crippen LogP contribution in [-0.2, 0) is 4.74 Å². The number of carbonyl (C=O) groups is 1. The molecule has 0 aliphatic rings. The van der Waals surface area contributed by atoms with E-state index in [1.54, 1.807) is 24.8 Å². The van der Waals surface area contributed by atoms with Crippen LogP contribution >= 0.6 is 11.8 Å². The van der Waals surface area contributed by atoms with Crippen LogP contribution in [0.4, 0.5) is 0 Å². The second kappa shape index (κ2) is 4.61. The SMILES string of the molecule is CCOC(=O)c1cc2cc(SC)ccc2o1. The van der Waals surface area contributed by atoms with E-state index in [1.165, 1.54) is 0 Å². The molecule has 0 N–H and O–H groups in total. The normalized spacial score (nSPS) is 10.6. The van der Waals surface area contributed by atoms with Gasteiger partial charge in [-0.3, -0.25) is 0 Å². The van der Waals surface area contributed by atoms with E-state index in [4.69, 9.17) is 9.15 Å². The fourth-order valence-electron chi connectivity index (χ4n) is 1.45. The molecule has 0 saturated heterocycles. The zero-order chi connectivity index (χ0) is 11.5. The summed E-state index contributed by atoms with van der Waals surface area (Å²) < 4.78 is 10.3. The van der Waals surface area contributed by atoms with Crippen LogP contribution in [0.3, 0.4) is 0 Å². The molecule has 2 rings (SSSR count). The molecule has 0 aliphatic carbocycles. The van der Waals surface area contributed by atoms with Crippen LogP contribution in [0.5, 0.6) is 0 Å². The first-order chi connectivity index (χ1) is 7.74. The van der Waals surface area contributed by atoms with Gasteiger partial charge in [0.2, 0.25) is 5.76 Å². The molecule has 1 aromatic heterocycles. The number of carbonyl (C=O) groups excluding carboxylic acids is 1. The molecule has 1 aromatic carbocycles. The molecular weight excluding hydrogens is 224 g/mol. The van der Waals surface area contributed by atoms with Gasteiger partial charge in [0.1, 0.15) is 5.58 Å². The van der Waals surface area contributed by atoms with Gasteiger partial charge in [-0.1, -0.05) is 0 Å². The minimum absolute atomic E-state index is 0.259. The predicted octanol–water partition coefficient (Wildman–Crippen LogP) is 3.33. The molecule has 4 heteroatoms. The molecule has 84 valence electrons. The number of ether oxygens (including phenoxy) is 1. The highest BCUT2D eigenvalue weighted by atomic mass is 32.2. The third-order valence-electron chi connectivity index (χ3n) is 2.20. The molecule has 0 saturated carbocycles. The van der Waals surface area contributed by atoms with E-state index in [9.17, 15) is 4.79 Å². The molecule has 0 bridgehead atoms. The molecule has 0 fully saturated rings. The second-order valence-corrected chi connectivity index (χ2v) is 4.11. The Morgan fingerprint density at radius 2 is 2.25 bits per heavy atom. The molecule has 0 spiro atoms. The molecule has 16 heavy (non-hydrogen) atoms. The van der Waals surface area contributed by atoms with Crippen molar-refractivity contribution in [2.75, 3.05) is 12.9 Å². The van der Waals surface area contributed by atoms with Crippen LogP contribution in [0, 0.1) is 0 Å². The molecule has 0 aliphatic heterocycles. The molecule has 2 aromatic rings. The molecule has 0 unspecified atom stereocenters. The lowest BCUT2D eigenvalue weighted by Gasteiger charge is -1.95. The molecular formula is C12H12O3S. The maximum Gasteiger partial charge on any atom is 0.374 e. The van der Waals surface area contributed by atoms with Crippen molar-refractivity contribution >= 4 is 28.7 Å². The third kappa shape index (κ3) is 2.07. The highest BCUT2D eigenvalue weighted by Gasteiger charge is 2.12. The van der Waals surface area contributed by atoms with Crippen LogP contribution < -0.4 is 0 Å². The van der Waals surface area contributed by atoms with Gasteiger partial charge in [-0.15, -0.1) is 11.8 Å². The summed E-state index contributed by atoms with van der Waals surface area (Å²) in [7, 11) is 0. The lowest BCUT2D eigenvalue weighted by Crippen LogP contribution is -2.02. The number of fused-ring (bicyclic) bond motifs is 1. The minimum Gasteiger partial charge on any atom is -0.460 e. The molecule has 0 radical (unpaired) electrons. The van der Waals surface area contributed by atoms with Crippen LogP contribution in [0.2, 0.25) is 0 Å². The van der Waals surface area contributed by atoms with Gasteiger partial charge in [0, 0.05) is 10.3 Å². The van der Waals surface area contributed by atoms with Crippen LogP contribution in [-0.4, -0.2) is 18.8 Å². The van der Waals surface area contributed by atoms with E-state index in [-0.39, 0.29) is 5.76 Å². The van der Waals surface area contributed by atoms with Gasteiger partial charge in [-0.05, 0) is 37.4 Å². The van der Waals surface area contributed by atoms with Gasteiger partial charge >= 0.3 is 5.97 Å². The number of thioether (sulfide) groups is 1. The van der Waals surface area contributed by atoms with Crippen molar-refractivity contribution in [2.45, 2.75) is 11.8 Å². The summed E-state index contributed by atoms with van der Waals surface area (Å²) >= 11 is 1.65. The largest absolute Gasteiger partial charge is 0.460 e. The first-order valence-electron chi connectivity index (χ1n) is 4.99. The number of benzene rings is 1. The summed E-state index contributed by atoms with van der Waals surface area (Å²) in [6, 6.07) is 7.54. The first kappa shape index (κ1) is 11.1. The van der Waals surface area contributed by atoms with Crippen LogP contribution in [0.25, 0.3) is 11.0 Å². The van der Waals surface area contributed by atoms with Crippen molar-refractivity contribution in [2.24, 2.45) is 0 Å². The Kier molecular flexibility index (Phi) is 3.19. The molecule has 1 heterocycles. The zero-order valence-corrected chi connectivity index (χ0v) is 9.97. The standard InChI is InChI=1S/C12H12O3S/c1-3-14-12(13)11-7-8-6-9(16-2)4-5-10(8)15-11/h4-7H,3H2,1-2H3. The lowest BCUT2D eigenvalue weighted by atomic mass is 10.2. The summed E-state index contributed by atoms with van der Waals surface area (Å²) in [4.78, 5) is 12.6. The van der Waals surface area contributed by atoms with E-state index in [0.29, 0.717) is 12.2 Å². The van der Waals surface area contributed by atoms with Crippen LogP contribution in [0.15, 0.2) is 33.6 Å². The summed E-state index contributed by atoms with van der Waals surface area (Å²) in [5.41, 5.74) is 0.709. The summed E-state index contributed by atoms with van der Waals surface area (Å²) in [6.45, 7) is 2.12. The van der Waals surface area contributed by atoms with E-state index >= 15 is 0 Å². The average molecular weight is 236 g/mol. The predicted molar refractivity (Wildman–Crippen MR) is 64.0 cm³/mol. The maximum atomic E-state index is 11.4. The van der Waals surface area contributed by atoms with Crippen LogP contribution in [0.1, 0.15) is 17.5 Å². The molecule has 3 nitrogen and oxygen atoms in total. The smallest absolute Gasteiger partial charge is 0.374 e. The topological polar surface area (TPSA) is 39.4 Å². The van der Waals surface area contributed by atoms with E-state index in [1.807, 2.05) is 24.5 Å². The van der Waals surface area contributed by atoms with Crippen molar-refractivity contribution in [3.8, 4) is 0 Å². The third-order valence-corrected chi connectivity index (χ3v) is 2.93. The minimum atomic E-state index is -0.413. The average Bonchev–Trinajstić information content (AvgIpc) is 2.71. The van der Waals surface area contributed by atoms with Gasteiger partial charge in [-0.25, -0.2) is 4.79 Å². The number of hydrogen-bond donors (Lipinski definition) is 0. The molecule has 0 atom stereocenters. The quantitative estimate of drug-likeness (QED) is 0.605. The van der Waals surface area contributed by atoms with E-state index < -0.39 is 5.97 Å². The van der Waals surface area contributed by atoms with Gasteiger partial charge in [0.25, 0.3) is 0 Å². The van der Waals surface area contributed by atoms with Crippen molar-refractivity contribution < 1.29 is 13.9 Å². The van der Waals surface area contributed by atoms with Crippen molar-refractivity contribution in [3.63, 3.8) is 0 Å². The Bertz CT molecular complexity index is 516. The summed E-state index contributed by atoms with van der Waals surface area (Å²) in [5, 5.41) is 0.926. The number of hydrogen-bond acceptors (Lipinski definition) is 4. The number of rotatable bonds is 3. The second-order valence-electron chi connectivity index (χ2n) is 3.23. The van der Waals surface area contributed by atoms with Crippen molar-refractivity contribution in [3.05, 3.63) is 30.0 Å². The molecule has 0 amide bonds. The summed E-state index contributed by atoms with van der Waals surface area (Å²) in [6.07, 6.45) is 2.01. The highest BCUT2D eigenvalue weighted by molar-refractivity contribution is 7.98. The Balaban J connectivity index is 2.39. The Morgan fingerprint density at radius 3 is 2.94 bits per heavy atom. The highest BCUT2D eigenvalue weighted by Crippen LogP contribution is 2.25. The van der Waals surface area contributed by atoms with E-state index in [2.05, 4.69) is 0 Å².